The SMILES string of the molecule is CNC(c1cc2cccc(C)c2o1)c1cc(OC)cs1. The number of hydrogen-bond acceptors (Lipinski definition) is 4. The minimum Gasteiger partial charge on any atom is -0.496 e. The smallest absolute Gasteiger partial charge is 0.137 e. The number of furan rings is 1. The van der Waals surface area contributed by atoms with Crippen molar-refractivity contribution < 1.29 is 9.15 Å². The fraction of sp³-hybridized carbons (Fsp3) is 0.250. The Balaban J connectivity index is 2.04. The highest BCUT2D eigenvalue weighted by Crippen LogP contribution is 2.34. The first-order valence-corrected chi connectivity index (χ1v) is 7.39. The van der Waals surface area contributed by atoms with E-state index in [2.05, 4.69) is 36.5 Å². The molecule has 1 aromatic carbocycles. The van der Waals surface area contributed by atoms with Gasteiger partial charge in [-0.15, -0.1) is 11.3 Å². The summed E-state index contributed by atoms with van der Waals surface area (Å²) in [5.74, 6) is 1.82. The minimum atomic E-state index is 0.0516. The van der Waals surface area contributed by atoms with Gasteiger partial charge in [0, 0.05) is 15.6 Å². The van der Waals surface area contributed by atoms with Crippen molar-refractivity contribution in [1.29, 1.82) is 0 Å². The molecule has 3 rings (SSSR count). The number of rotatable bonds is 4. The molecule has 1 N–H and O–H groups in total. The first-order chi connectivity index (χ1) is 9.72. The molecule has 1 atom stereocenters. The normalized spacial score (nSPS) is 12.8. The van der Waals surface area contributed by atoms with Crippen LogP contribution in [-0.4, -0.2) is 14.2 Å². The van der Waals surface area contributed by atoms with Crippen LogP contribution in [0, 0.1) is 6.92 Å². The molecule has 0 saturated carbocycles. The summed E-state index contributed by atoms with van der Waals surface area (Å²) in [6.07, 6.45) is 0. The van der Waals surface area contributed by atoms with E-state index in [-0.39, 0.29) is 6.04 Å². The van der Waals surface area contributed by atoms with E-state index in [0.29, 0.717) is 0 Å². The van der Waals surface area contributed by atoms with E-state index in [1.807, 2.05) is 18.5 Å². The van der Waals surface area contributed by atoms with Crippen molar-refractivity contribution in [3.05, 3.63) is 51.9 Å². The molecule has 2 heterocycles. The van der Waals surface area contributed by atoms with Crippen molar-refractivity contribution in [3.63, 3.8) is 0 Å². The lowest BCUT2D eigenvalue weighted by Gasteiger charge is -2.10. The van der Waals surface area contributed by atoms with E-state index in [1.54, 1.807) is 18.4 Å². The average Bonchev–Trinajstić information content (AvgIpc) is 3.07. The highest BCUT2D eigenvalue weighted by atomic mass is 32.1. The second-order valence-corrected chi connectivity index (χ2v) is 5.70. The maximum atomic E-state index is 6.05. The molecule has 1 unspecified atom stereocenters. The van der Waals surface area contributed by atoms with Crippen molar-refractivity contribution in [1.82, 2.24) is 5.32 Å². The zero-order chi connectivity index (χ0) is 14.1. The summed E-state index contributed by atoms with van der Waals surface area (Å²) in [7, 11) is 3.63. The molecule has 0 amide bonds. The number of hydrogen-bond donors (Lipinski definition) is 1. The molecule has 0 radical (unpaired) electrons. The molecular formula is C16H17NO2S. The Bertz CT molecular complexity index is 729. The van der Waals surface area contributed by atoms with Crippen molar-refractivity contribution in [2.45, 2.75) is 13.0 Å². The van der Waals surface area contributed by atoms with Crippen molar-refractivity contribution >= 4 is 22.3 Å². The largest absolute Gasteiger partial charge is 0.496 e. The van der Waals surface area contributed by atoms with Gasteiger partial charge >= 0.3 is 0 Å². The van der Waals surface area contributed by atoms with Gasteiger partial charge in [0.15, 0.2) is 0 Å². The average molecular weight is 287 g/mol. The summed E-state index contributed by atoms with van der Waals surface area (Å²) >= 11 is 1.67. The zero-order valence-corrected chi connectivity index (χ0v) is 12.6. The summed E-state index contributed by atoms with van der Waals surface area (Å²) < 4.78 is 11.3. The van der Waals surface area contributed by atoms with Crippen LogP contribution in [0.1, 0.15) is 22.2 Å². The van der Waals surface area contributed by atoms with Crippen molar-refractivity contribution in [2.75, 3.05) is 14.2 Å². The monoisotopic (exact) mass is 287 g/mol. The Morgan fingerprint density at radius 3 is 2.80 bits per heavy atom. The van der Waals surface area contributed by atoms with Gasteiger partial charge in [0.25, 0.3) is 0 Å². The summed E-state index contributed by atoms with van der Waals surface area (Å²) in [6.45, 7) is 2.07. The molecule has 3 aromatic rings. The molecule has 0 aliphatic heterocycles. The zero-order valence-electron chi connectivity index (χ0n) is 11.8. The number of methoxy groups -OCH3 is 1. The maximum Gasteiger partial charge on any atom is 0.137 e. The van der Waals surface area contributed by atoms with E-state index >= 15 is 0 Å². The minimum absolute atomic E-state index is 0.0516. The van der Waals surface area contributed by atoms with Crippen LogP contribution in [0.4, 0.5) is 0 Å². The first kappa shape index (κ1) is 13.2. The van der Waals surface area contributed by atoms with Crippen LogP contribution in [0.15, 0.2) is 40.1 Å². The van der Waals surface area contributed by atoms with Gasteiger partial charge in [-0.2, -0.15) is 0 Å². The molecule has 0 aliphatic rings. The number of nitrogens with one attached hydrogen (secondary N) is 1. The van der Waals surface area contributed by atoms with E-state index in [1.165, 1.54) is 4.88 Å². The number of aryl methyl sites for hydroxylation is 1. The highest BCUT2D eigenvalue weighted by molar-refractivity contribution is 7.10. The topological polar surface area (TPSA) is 34.4 Å². The molecule has 0 fully saturated rings. The van der Waals surface area contributed by atoms with Gasteiger partial charge in [-0.3, -0.25) is 0 Å². The number of para-hydroxylation sites is 1. The number of benzene rings is 1. The predicted molar refractivity (Wildman–Crippen MR) is 82.7 cm³/mol. The molecule has 104 valence electrons. The molecule has 0 spiro atoms. The Morgan fingerprint density at radius 2 is 2.15 bits per heavy atom. The molecule has 4 heteroatoms. The number of ether oxygens (including phenoxy) is 1. The van der Waals surface area contributed by atoms with E-state index in [4.69, 9.17) is 9.15 Å². The maximum absolute atomic E-state index is 6.05. The van der Waals surface area contributed by atoms with Crippen LogP contribution in [0.5, 0.6) is 5.75 Å². The first-order valence-electron chi connectivity index (χ1n) is 6.51. The van der Waals surface area contributed by atoms with Crippen LogP contribution in [-0.2, 0) is 0 Å². The summed E-state index contributed by atoms with van der Waals surface area (Å²) in [5, 5.41) is 6.46. The van der Waals surface area contributed by atoms with Gasteiger partial charge in [0.1, 0.15) is 23.1 Å². The Kier molecular flexibility index (Phi) is 3.51. The van der Waals surface area contributed by atoms with Gasteiger partial charge < -0.3 is 14.5 Å². The second-order valence-electron chi connectivity index (χ2n) is 4.75. The molecule has 20 heavy (non-hydrogen) atoms. The van der Waals surface area contributed by atoms with Crippen LogP contribution >= 0.6 is 11.3 Å². The van der Waals surface area contributed by atoms with E-state index in [9.17, 15) is 0 Å². The van der Waals surface area contributed by atoms with Crippen LogP contribution in [0.25, 0.3) is 11.0 Å². The highest BCUT2D eigenvalue weighted by Gasteiger charge is 2.19. The van der Waals surface area contributed by atoms with Crippen molar-refractivity contribution in [2.24, 2.45) is 0 Å². The third-order valence-corrected chi connectivity index (χ3v) is 4.42. The summed E-state index contributed by atoms with van der Waals surface area (Å²) in [4.78, 5) is 1.18. The fourth-order valence-electron chi connectivity index (χ4n) is 2.39. The van der Waals surface area contributed by atoms with Crippen LogP contribution in [0.3, 0.4) is 0 Å². The standard InChI is InChI=1S/C16H17NO2S/c1-10-5-4-6-11-7-13(19-16(10)11)15(17-2)14-8-12(18-3)9-20-14/h4-9,15,17H,1-3H3. The van der Waals surface area contributed by atoms with Crippen LogP contribution < -0.4 is 10.1 Å². The Morgan fingerprint density at radius 1 is 1.30 bits per heavy atom. The number of fused-ring (bicyclic) bond motifs is 1. The van der Waals surface area contributed by atoms with Crippen molar-refractivity contribution in [3.8, 4) is 5.75 Å². The lowest BCUT2D eigenvalue weighted by atomic mass is 10.1. The molecule has 0 aliphatic carbocycles. The lowest BCUT2D eigenvalue weighted by molar-refractivity contribution is 0.415. The molecule has 3 nitrogen and oxygen atoms in total. The second kappa shape index (κ2) is 5.31. The quantitative estimate of drug-likeness (QED) is 0.784. The van der Waals surface area contributed by atoms with Gasteiger partial charge in [-0.25, -0.2) is 0 Å². The third-order valence-electron chi connectivity index (χ3n) is 3.45. The molecular weight excluding hydrogens is 270 g/mol. The van der Waals surface area contributed by atoms with E-state index < -0.39 is 0 Å². The lowest BCUT2D eigenvalue weighted by Crippen LogP contribution is -2.15. The molecule has 0 bridgehead atoms. The predicted octanol–water partition coefficient (Wildman–Crippen LogP) is 4.12. The Hall–Kier alpha value is -1.78. The summed E-state index contributed by atoms with van der Waals surface area (Å²) in [6, 6.07) is 10.4. The van der Waals surface area contributed by atoms with Crippen LogP contribution in [0.2, 0.25) is 0 Å². The molecule has 2 aromatic heterocycles. The summed E-state index contributed by atoms with van der Waals surface area (Å²) in [5.41, 5.74) is 2.12. The van der Waals surface area contributed by atoms with Gasteiger partial charge in [-0.05, 0) is 31.7 Å². The van der Waals surface area contributed by atoms with Gasteiger partial charge in [0.05, 0.1) is 7.11 Å². The van der Waals surface area contributed by atoms with Gasteiger partial charge in [-0.1, -0.05) is 18.2 Å². The molecule has 0 saturated heterocycles. The third kappa shape index (κ3) is 2.21. The Labute approximate surface area is 122 Å². The van der Waals surface area contributed by atoms with E-state index in [0.717, 1.165) is 28.0 Å². The number of thiophene rings is 1. The van der Waals surface area contributed by atoms with Gasteiger partial charge in [0.2, 0.25) is 0 Å². The fourth-order valence-corrected chi connectivity index (χ4v) is 3.36.